The number of hydrogen-bond donors (Lipinski definition) is 0. The van der Waals surface area contributed by atoms with Crippen molar-refractivity contribution >= 4 is 5.78 Å². The van der Waals surface area contributed by atoms with Gasteiger partial charge in [-0.15, -0.1) is 0 Å². The minimum Gasteiger partial charge on any atom is -0.378 e. The Morgan fingerprint density at radius 3 is 2.76 bits per heavy atom. The minimum atomic E-state index is -0.418. The van der Waals surface area contributed by atoms with Crippen LogP contribution in [0.2, 0.25) is 0 Å². The van der Waals surface area contributed by atoms with Crippen molar-refractivity contribution in [1.82, 2.24) is 0 Å². The normalized spacial score (nSPS) is 22.1. The number of rotatable bonds is 6. The van der Waals surface area contributed by atoms with Gasteiger partial charge >= 0.3 is 0 Å². The van der Waals surface area contributed by atoms with Crippen molar-refractivity contribution in [3.63, 3.8) is 0 Å². The Hall–Kier alpha value is -0.880. The van der Waals surface area contributed by atoms with Crippen LogP contribution in [0.3, 0.4) is 0 Å². The maximum atomic E-state index is 11.9. The molecule has 0 aromatic rings. The molecule has 0 radical (unpaired) electrons. The molecule has 0 amide bonds. The molecule has 1 aliphatic rings. The summed E-state index contributed by atoms with van der Waals surface area (Å²) in [5.41, 5.74) is 0. The van der Waals surface area contributed by atoms with Gasteiger partial charge in [-0.05, 0) is 38.0 Å². The fourth-order valence-electron chi connectivity index (χ4n) is 2.24. The molecule has 1 saturated heterocycles. The van der Waals surface area contributed by atoms with E-state index in [9.17, 15) is 4.79 Å². The second kappa shape index (κ2) is 7.45. The Balaban J connectivity index is 2.29. The molecule has 0 spiro atoms. The van der Waals surface area contributed by atoms with Gasteiger partial charge in [-0.25, -0.2) is 0 Å². The van der Waals surface area contributed by atoms with Crippen LogP contribution in [0.4, 0.5) is 0 Å². The maximum absolute atomic E-state index is 11.9. The molecule has 1 rings (SSSR count). The molecule has 0 N–H and O–H groups in total. The summed E-state index contributed by atoms with van der Waals surface area (Å²) < 4.78 is 5.59. The molecule has 1 fully saturated rings. The third-order valence-corrected chi connectivity index (χ3v) is 3.24. The number of nitrogens with zero attached hydrogens (tertiary/aromatic N) is 1. The van der Waals surface area contributed by atoms with E-state index < -0.39 is 5.92 Å². The zero-order chi connectivity index (χ0) is 12.7. The largest absolute Gasteiger partial charge is 0.378 e. The fraction of sp³-hybridized carbons (Fsp3) is 0.857. The van der Waals surface area contributed by atoms with Gasteiger partial charge in [0.1, 0.15) is 11.7 Å². The molecule has 0 bridgehead atoms. The SMILES string of the molecule is CC(C)CC(C#N)C(=O)CCC1CCCCO1. The molecule has 3 heteroatoms. The number of ketones is 1. The van der Waals surface area contributed by atoms with Gasteiger partial charge in [0.15, 0.2) is 0 Å². The van der Waals surface area contributed by atoms with Gasteiger partial charge in [-0.3, -0.25) is 4.79 Å². The van der Waals surface area contributed by atoms with Crippen LogP contribution in [0.25, 0.3) is 0 Å². The summed E-state index contributed by atoms with van der Waals surface area (Å²) in [7, 11) is 0. The van der Waals surface area contributed by atoms with E-state index in [4.69, 9.17) is 10.00 Å². The zero-order valence-corrected chi connectivity index (χ0v) is 10.9. The second-order valence-electron chi connectivity index (χ2n) is 5.30. The van der Waals surface area contributed by atoms with Gasteiger partial charge in [-0.1, -0.05) is 13.8 Å². The summed E-state index contributed by atoms with van der Waals surface area (Å²) in [5.74, 6) is 0.0727. The molecule has 96 valence electrons. The molecule has 1 heterocycles. The lowest BCUT2D eigenvalue weighted by molar-refractivity contribution is -0.122. The molecule has 2 atom stereocenters. The summed E-state index contributed by atoms with van der Waals surface area (Å²) in [6.45, 7) is 4.91. The average Bonchev–Trinajstić information content (AvgIpc) is 2.34. The van der Waals surface area contributed by atoms with E-state index in [0.29, 0.717) is 18.8 Å². The van der Waals surface area contributed by atoms with Crippen LogP contribution < -0.4 is 0 Å². The van der Waals surface area contributed by atoms with Crippen LogP contribution in [-0.2, 0) is 9.53 Å². The highest BCUT2D eigenvalue weighted by Crippen LogP contribution is 2.20. The molecule has 3 nitrogen and oxygen atoms in total. The van der Waals surface area contributed by atoms with Crippen LogP contribution in [0.1, 0.15) is 52.4 Å². The van der Waals surface area contributed by atoms with Crippen LogP contribution in [0.5, 0.6) is 0 Å². The predicted octanol–water partition coefficient (Wildman–Crippen LogP) is 3.09. The van der Waals surface area contributed by atoms with Crippen molar-refractivity contribution in [1.29, 1.82) is 5.26 Å². The van der Waals surface area contributed by atoms with Crippen LogP contribution >= 0.6 is 0 Å². The molecule has 0 aromatic heterocycles. The molecule has 1 aliphatic heterocycles. The first-order chi connectivity index (χ1) is 8.13. The Labute approximate surface area is 104 Å². The Morgan fingerprint density at radius 1 is 1.47 bits per heavy atom. The van der Waals surface area contributed by atoms with E-state index >= 15 is 0 Å². The monoisotopic (exact) mass is 237 g/mol. The summed E-state index contributed by atoms with van der Waals surface area (Å²) >= 11 is 0. The molecule has 17 heavy (non-hydrogen) atoms. The first-order valence-electron chi connectivity index (χ1n) is 6.67. The van der Waals surface area contributed by atoms with E-state index in [-0.39, 0.29) is 11.9 Å². The Kier molecular flexibility index (Phi) is 6.21. The van der Waals surface area contributed by atoms with Crippen molar-refractivity contribution in [2.45, 2.75) is 58.5 Å². The number of hydrogen-bond acceptors (Lipinski definition) is 3. The number of carbonyl (C=O) groups excluding carboxylic acids is 1. The maximum Gasteiger partial charge on any atom is 0.150 e. The summed E-state index contributed by atoms with van der Waals surface area (Å²) in [6.07, 6.45) is 5.61. The van der Waals surface area contributed by atoms with E-state index in [1.807, 2.05) is 13.8 Å². The van der Waals surface area contributed by atoms with Crippen molar-refractivity contribution in [3.8, 4) is 6.07 Å². The summed E-state index contributed by atoms with van der Waals surface area (Å²) in [6, 6.07) is 2.13. The standard InChI is InChI=1S/C14H23NO2/c1-11(2)9-12(10-15)14(16)7-6-13-5-3-4-8-17-13/h11-13H,3-9H2,1-2H3. The smallest absolute Gasteiger partial charge is 0.150 e. The minimum absolute atomic E-state index is 0.0929. The Morgan fingerprint density at radius 2 is 2.24 bits per heavy atom. The van der Waals surface area contributed by atoms with E-state index in [1.165, 1.54) is 6.42 Å². The lowest BCUT2D eigenvalue weighted by Gasteiger charge is -2.22. The van der Waals surface area contributed by atoms with Crippen molar-refractivity contribution in [2.75, 3.05) is 6.61 Å². The first kappa shape index (κ1) is 14.2. The number of nitriles is 1. The predicted molar refractivity (Wildman–Crippen MR) is 66.4 cm³/mol. The highest BCUT2D eigenvalue weighted by molar-refractivity contribution is 5.83. The lowest BCUT2D eigenvalue weighted by atomic mass is 9.91. The van der Waals surface area contributed by atoms with Crippen molar-refractivity contribution in [3.05, 3.63) is 0 Å². The van der Waals surface area contributed by atoms with Crippen LogP contribution in [0, 0.1) is 23.2 Å². The highest BCUT2D eigenvalue weighted by Gasteiger charge is 2.21. The van der Waals surface area contributed by atoms with Crippen molar-refractivity contribution in [2.24, 2.45) is 11.8 Å². The van der Waals surface area contributed by atoms with E-state index in [1.54, 1.807) is 0 Å². The third kappa shape index (κ3) is 5.32. The fourth-order valence-corrected chi connectivity index (χ4v) is 2.24. The number of ether oxygens (including phenoxy) is 1. The van der Waals surface area contributed by atoms with Crippen LogP contribution in [0.15, 0.2) is 0 Å². The molecular formula is C14H23NO2. The number of Topliss-reactive ketones (excluding diaryl/α,β-unsaturated/α-hetero) is 1. The second-order valence-corrected chi connectivity index (χ2v) is 5.30. The van der Waals surface area contributed by atoms with E-state index in [2.05, 4.69) is 6.07 Å². The summed E-state index contributed by atoms with van der Waals surface area (Å²) in [5, 5.41) is 8.98. The first-order valence-corrected chi connectivity index (χ1v) is 6.67. The topological polar surface area (TPSA) is 50.1 Å². The molecule has 0 saturated carbocycles. The zero-order valence-electron chi connectivity index (χ0n) is 10.9. The highest BCUT2D eigenvalue weighted by atomic mass is 16.5. The number of carbonyl (C=O) groups is 1. The van der Waals surface area contributed by atoms with Gasteiger partial charge in [0, 0.05) is 13.0 Å². The van der Waals surface area contributed by atoms with Crippen molar-refractivity contribution < 1.29 is 9.53 Å². The Bertz CT molecular complexity index is 274. The van der Waals surface area contributed by atoms with Gasteiger partial charge in [-0.2, -0.15) is 5.26 Å². The average molecular weight is 237 g/mol. The molecular weight excluding hydrogens is 214 g/mol. The van der Waals surface area contributed by atoms with Gasteiger partial charge in [0.25, 0.3) is 0 Å². The third-order valence-electron chi connectivity index (χ3n) is 3.24. The molecule has 2 unspecified atom stereocenters. The van der Waals surface area contributed by atoms with Gasteiger partial charge in [0.2, 0.25) is 0 Å². The quantitative estimate of drug-likeness (QED) is 0.713. The summed E-state index contributed by atoms with van der Waals surface area (Å²) in [4.78, 5) is 11.9. The van der Waals surface area contributed by atoms with E-state index in [0.717, 1.165) is 25.9 Å². The lowest BCUT2D eigenvalue weighted by Crippen LogP contribution is -2.22. The molecule has 0 aliphatic carbocycles. The van der Waals surface area contributed by atoms with Gasteiger partial charge < -0.3 is 4.74 Å². The van der Waals surface area contributed by atoms with Crippen LogP contribution in [-0.4, -0.2) is 18.5 Å². The molecule has 0 aromatic carbocycles. The van der Waals surface area contributed by atoms with Gasteiger partial charge in [0.05, 0.1) is 12.2 Å².